The molecule has 3 amide bonds. The second kappa shape index (κ2) is 7.57. The van der Waals surface area contributed by atoms with Crippen molar-refractivity contribution in [3.8, 4) is 11.5 Å². The zero-order chi connectivity index (χ0) is 18.6. The van der Waals surface area contributed by atoms with Crippen LogP contribution >= 0.6 is 0 Å². The van der Waals surface area contributed by atoms with Gasteiger partial charge in [0, 0.05) is 37.8 Å². The zero-order valence-corrected chi connectivity index (χ0v) is 14.9. The molecule has 2 aromatic carbocycles. The summed E-state index contributed by atoms with van der Waals surface area (Å²) in [7, 11) is 0. The Bertz CT molecular complexity index is 868. The molecular formula is C20H21N3O4. The zero-order valence-electron chi connectivity index (χ0n) is 14.9. The highest BCUT2D eigenvalue weighted by Gasteiger charge is 2.21. The van der Waals surface area contributed by atoms with Gasteiger partial charge in [0.1, 0.15) is 0 Å². The number of nitrogens with one attached hydrogen (secondary N) is 2. The van der Waals surface area contributed by atoms with E-state index in [2.05, 4.69) is 10.6 Å². The minimum Gasteiger partial charge on any atom is -0.454 e. The predicted molar refractivity (Wildman–Crippen MR) is 99.5 cm³/mol. The fraction of sp³-hybridized carbons (Fsp3) is 0.300. The van der Waals surface area contributed by atoms with Crippen molar-refractivity contribution in [3.63, 3.8) is 0 Å². The van der Waals surface area contributed by atoms with Crippen molar-refractivity contribution in [2.45, 2.75) is 25.9 Å². The first-order valence-electron chi connectivity index (χ1n) is 8.98. The van der Waals surface area contributed by atoms with Gasteiger partial charge in [-0.1, -0.05) is 24.3 Å². The maximum atomic E-state index is 12.2. The Morgan fingerprint density at radius 3 is 2.70 bits per heavy atom. The van der Waals surface area contributed by atoms with Crippen molar-refractivity contribution >= 4 is 17.6 Å². The van der Waals surface area contributed by atoms with Crippen LogP contribution < -0.4 is 20.1 Å². The number of amides is 3. The average Bonchev–Trinajstić information content (AvgIpc) is 3.30. The number of rotatable bonds is 5. The van der Waals surface area contributed by atoms with Crippen molar-refractivity contribution in [2.75, 3.05) is 18.7 Å². The molecule has 0 saturated carbocycles. The third-order valence-electron chi connectivity index (χ3n) is 4.72. The molecule has 4 rings (SSSR count). The molecule has 2 N–H and O–H groups in total. The number of benzene rings is 2. The molecule has 2 heterocycles. The molecule has 0 spiro atoms. The molecular weight excluding hydrogens is 346 g/mol. The lowest BCUT2D eigenvalue weighted by Gasteiger charge is -2.18. The second-order valence-corrected chi connectivity index (χ2v) is 6.56. The first-order valence-corrected chi connectivity index (χ1v) is 8.98. The van der Waals surface area contributed by atoms with Gasteiger partial charge in [0.2, 0.25) is 12.7 Å². The van der Waals surface area contributed by atoms with Gasteiger partial charge in [-0.15, -0.1) is 0 Å². The smallest absolute Gasteiger partial charge is 0.319 e. The van der Waals surface area contributed by atoms with Crippen LogP contribution in [0.4, 0.5) is 10.5 Å². The van der Waals surface area contributed by atoms with Crippen molar-refractivity contribution in [1.82, 2.24) is 10.2 Å². The topological polar surface area (TPSA) is 79.9 Å². The standard InChI is InChI=1S/C20H21N3O4/c24-19-6-3-9-23(19)12-15-5-2-1-4-14(15)11-21-20(25)22-16-7-8-17-18(10-16)27-13-26-17/h1-2,4-5,7-8,10H,3,6,9,11-13H2,(H2,21,22,25). The van der Waals surface area contributed by atoms with E-state index in [0.717, 1.165) is 24.1 Å². The van der Waals surface area contributed by atoms with Crippen LogP contribution in [0.5, 0.6) is 11.5 Å². The number of carbonyl (C=O) groups excluding carboxylic acids is 2. The summed E-state index contributed by atoms with van der Waals surface area (Å²) >= 11 is 0. The maximum absolute atomic E-state index is 12.2. The number of likely N-dealkylation sites (tertiary alicyclic amines) is 1. The van der Waals surface area contributed by atoms with Gasteiger partial charge in [-0.25, -0.2) is 4.79 Å². The number of fused-ring (bicyclic) bond motifs is 1. The van der Waals surface area contributed by atoms with E-state index in [1.165, 1.54) is 0 Å². The molecule has 2 aromatic rings. The van der Waals surface area contributed by atoms with Crippen LogP contribution in [0.3, 0.4) is 0 Å². The normalized spacial score (nSPS) is 15.1. The van der Waals surface area contributed by atoms with E-state index >= 15 is 0 Å². The first kappa shape index (κ1) is 17.2. The van der Waals surface area contributed by atoms with E-state index in [0.29, 0.717) is 36.7 Å². The predicted octanol–water partition coefficient (Wildman–Crippen LogP) is 2.86. The molecule has 7 nitrogen and oxygen atoms in total. The SMILES string of the molecule is O=C(NCc1ccccc1CN1CCCC1=O)Nc1ccc2c(c1)OCO2. The lowest BCUT2D eigenvalue weighted by Crippen LogP contribution is -2.29. The molecule has 0 unspecified atom stereocenters. The summed E-state index contributed by atoms with van der Waals surface area (Å²) < 4.78 is 10.6. The van der Waals surface area contributed by atoms with E-state index in [1.54, 1.807) is 18.2 Å². The Balaban J connectivity index is 1.35. The second-order valence-electron chi connectivity index (χ2n) is 6.56. The van der Waals surface area contributed by atoms with Crippen LogP contribution in [0.1, 0.15) is 24.0 Å². The fourth-order valence-electron chi connectivity index (χ4n) is 3.29. The van der Waals surface area contributed by atoms with Crippen molar-refractivity contribution in [3.05, 3.63) is 53.6 Å². The minimum atomic E-state index is -0.305. The van der Waals surface area contributed by atoms with Crippen LogP contribution in [-0.4, -0.2) is 30.2 Å². The number of carbonyl (C=O) groups is 2. The number of nitrogens with zero attached hydrogens (tertiary/aromatic N) is 1. The summed E-state index contributed by atoms with van der Waals surface area (Å²) in [5.41, 5.74) is 2.68. The summed E-state index contributed by atoms with van der Waals surface area (Å²) in [4.78, 5) is 26.0. The number of hydrogen-bond acceptors (Lipinski definition) is 4. The van der Waals surface area contributed by atoms with E-state index < -0.39 is 0 Å². The molecule has 0 bridgehead atoms. The molecule has 27 heavy (non-hydrogen) atoms. The van der Waals surface area contributed by atoms with E-state index in [4.69, 9.17) is 9.47 Å². The summed E-state index contributed by atoms with van der Waals surface area (Å²) in [5, 5.41) is 5.66. The molecule has 7 heteroatoms. The highest BCUT2D eigenvalue weighted by Crippen LogP contribution is 2.34. The van der Waals surface area contributed by atoms with Crippen LogP contribution in [0.2, 0.25) is 0 Å². The van der Waals surface area contributed by atoms with E-state index in [9.17, 15) is 9.59 Å². The largest absolute Gasteiger partial charge is 0.454 e. The van der Waals surface area contributed by atoms with Gasteiger partial charge in [-0.2, -0.15) is 0 Å². The Morgan fingerprint density at radius 1 is 1.07 bits per heavy atom. The summed E-state index contributed by atoms with van der Waals surface area (Å²) in [6.45, 7) is 1.96. The monoisotopic (exact) mass is 367 g/mol. The van der Waals surface area contributed by atoms with Gasteiger partial charge in [-0.05, 0) is 29.7 Å². The molecule has 1 saturated heterocycles. The summed E-state index contributed by atoms with van der Waals surface area (Å²) in [6.07, 6.45) is 1.54. The van der Waals surface area contributed by atoms with Crippen molar-refractivity contribution < 1.29 is 19.1 Å². The highest BCUT2D eigenvalue weighted by molar-refractivity contribution is 5.89. The van der Waals surface area contributed by atoms with Crippen LogP contribution in [0.25, 0.3) is 0 Å². The molecule has 140 valence electrons. The Kier molecular flexibility index (Phi) is 4.82. The number of urea groups is 1. The van der Waals surface area contributed by atoms with Crippen LogP contribution in [-0.2, 0) is 17.9 Å². The molecule has 0 aromatic heterocycles. The van der Waals surface area contributed by atoms with E-state index in [1.807, 2.05) is 29.2 Å². The summed E-state index contributed by atoms with van der Waals surface area (Å²) in [6, 6.07) is 12.8. The number of anilines is 1. The number of ether oxygens (including phenoxy) is 2. The molecule has 0 atom stereocenters. The van der Waals surface area contributed by atoms with Gasteiger partial charge < -0.3 is 25.0 Å². The third kappa shape index (κ3) is 3.97. The van der Waals surface area contributed by atoms with Gasteiger partial charge >= 0.3 is 6.03 Å². The Morgan fingerprint density at radius 2 is 1.89 bits per heavy atom. The first-order chi connectivity index (χ1) is 13.2. The molecule has 2 aliphatic rings. The molecule has 2 aliphatic heterocycles. The lowest BCUT2D eigenvalue weighted by atomic mass is 10.1. The van der Waals surface area contributed by atoms with Crippen LogP contribution in [0, 0.1) is 0 Å². The van der Waals surface area contributed by atoms with Gasteiger partial charge in [-0.3, -0.25) is 4.79 Å². The molecule has 0 radical (unpaired) electrons. The molecule has 1 fully saturated rings. The maximum Gasteiger partial charge on any atom is 0.319 e. The van der Waals surface area contributed by atoms with Gasteiger partial charge in [0.15, 0.2) is 11.5 Å². The quantitative estimate of drug-likeness (QED) is 0.852. The van der Waals surface area contributed by atoms with Crippen molar-refractivity contribution in [2.24, 2.45) is 0 Å². The van der Waals surface area contributed by atoms with Gasteiger partial charge in [0.05, 0.1) is 0 Å². The van der Waals surface area contributed by atoms with E-state index in [-0.39, 0.29) is 18.7 Å². The Labute approximate surface area is 157 Å². The number of hydrogen-bond donors (Lipinski definition) is 2. The molecule has 0 aliphatic carbocycles. The minimum absolute atomic E-state index is 0.193. The van der Waals surface area contributed by atoms with Gasteiger partial charge in [0.25, 0.3) is 0 Å². The average molecular weight is 367 g/mol. The van der Waals surface area contributed by atoms with Crippen LogP contribution in [0.15, 0.2) is 42.5 Å². The third-order valence-corrected chi connectivity index (χ3v) is 4.72. The van der Waals surface area contributed by atoms with Crippen molar-refractivity contribution in [1.29, 1.82) is 0 Å². The highest BCUT2D eigenvalue weighted by atomic mass is 16.7. The fourth-order valence-corrected chi connectivity index (χ4v) is 3.29. The summed E-state index contributed by atoms with van der Waals surface area (Å²) in [5.74, 6) is 1.48. The Hall–Kier alpha value is -3.22. The lowest BCUT2D eigenvalue weighted by molar-refractivity contribution is -0.128.